The van der Waals surface area contributed by atoms with Gasteiger partial charge in [-0.1, -0.05) is 95.4 Å². The van der Waals surface area contributed by atoms with Crippen molar-refractivity contribution in [3.63, 3.8) is 0 Å². The number of rotatable bonds is 12. The number of anilines is 2. The van der Waals surface area contributed by atoms with Crippen molar-refractivity contribution in [3.05, 3.63) is 59.7 Å². The van der Waals surface area contributed by atoms with E-state index in [1.807, 2.05) is 0 Å². The van der Waals surface area contributed by atoms with E-state index in [0.29, 0.717) is 0 Å². The lowest BCUT2D eigenvalue weighted by atomic mass is 9.62. The number of nitrogens with two attached hydrogens (primary N) is 2. The molecular weight excluding hydrogens is 376 g/mol. The molecule has 1 aliphatic rings. The first-order valence-corrected chi connectivity index (χ1v) is 12.9. The van der Waals surface area contributed by atoms with Crippen LogP contribution in [0.25, 0.3) is 0 Å². The second kappa shape index (κ2) is 12.2. The van der Waals surface area contributed by atoms with E-state index in [1.165, 1.54) is 101 Å². The molecule has 0 radical (unpaired) electrons. The molecule has 0 saturated heterocycles. The van der Waals surface area contributed by atoms with Gasteiger partial charge in [0.25, 0.3) is 0 Å². The van der Waals surface area contributed by atoms with Crippen LogP contribution in [0.2, 0.25) is 0 Å². The molecule has 2 nitrogen and oxygen atoms in total. The van der Waals surface area contributed by atoms with Crippen molar-refractivity contribution in [2.24, 2.45) is 5.92 Å². The summed E-state index contributed by atoms with van der Waals surface area (Å²) in [4.78, 5) is 0. The zero-order valence-electron chi connectivity index (χ0n) is 19.8. The summed E-state index contributed by atoms with van der Waals surface area (Å²) in [5.74, 6) is 0.889. The first kappa shape index (κ1) is 23.7. The van der Waals surface area contributed by atoms with Crippen molar-refractivity contribution >= 4 is 11.4 Å². The quantitative estimate of drug-likeness (QED) is 0.268. The molecule has 170 valence electrons. The molecule has 0 aliphatic heterocycles. The molecule has 3 rings (SSSR count). The summed E-state index contributed by atoms with van der Waals surface area (Å²) in [6, 6.07) is 17.2. The van der Waals surface area contributed by atoms with E-state index in [1.54, 1.807) is 0 Å². The first-order chi connectivity index (χ1) is 15.1. The third kappa shape index (κ3) is 6.76. The Hall–Kier alpha value is -1.96. The Morgan fingerprint density at radius 1 is 0.645 bits per heavy atom. The van der Waals surface area contributed by atoms with Gasteiger partial charge >= 0.3 is 0 Å². The molecule has 4 N–H and O–H groups in total. The highest BCUT2D eigenvalue weighted by Gasteiger charge is 2.38. The molecule has 0 unspecified atom stereocenters. The van der Waals surface area contributed by atoms with Crippen LogP contribution in [0.1, 0.15) is 108 Å². The lowest BCUT2D eigenvalue weighted by Crippen LogP contribution is -2.33. The lowest BCUT2D eigenvalue weighted by Gasteiger charge is -2.41. The molecule has 0 bridgehead atoms. The Morgan fingerprint density at radius 3 is 1.52 bits per heavy atom. The van der Waals surface area contributed by atoms with Gasteiger partial charge in [0.1, 0.15) is 0 Å². The maximum Gasteiger partial charge on any atom is 0.0314 e. The van der Waals surface area contributed by atoms with Crippen molar-refractivity contribution < 1.29 is 0 Å². The van der Waals surface area contributed by atoms with Gasteiger partial charge in [0.05, 0.1) is 0 Å². The summed E-state index contributed by atoms with van der Waals surface area (Å²) in [6.45, 7) is 2.29. The number of hydrogen-bond donors (Lipinski definition) is 2. The van der Waals surface area contributed by atoms with E-state index in [4.69, 9.17) is 11.5 Å². The van der Waals surface area contributed by atoms with Gasteiger partial charge in [-0.15, -0.1) is 0 Å². The van der Waals surface area contributed by atoms with E-state index < -0.39 is 0 Å². The zero-order chi connectivity index (χ0) is 21.9. The van der Waals surface area contributed by atoms with Gasteiger partial charge in [-0.25, -0.2) is 0 Å². The largest absolute Gasteiger partial charge is 0.399 e. The van der Waals surface area contributed by atoms with Crippen molar-refractivity contribution in [2.75, 3.05) is 11.5 Å². The third-order valence-electron chi connectivity index (χ3n) is 7.60. The Labute approximate surface area is 190 Å². The number of nitrogen functional groups attached to an aromatic ring is 2. The molecule has 2 aromatic rings. The molecule has 0 heterocycles. The summed E-state index contributed by atoms with van der Waals surface area (Å²) in [7, 11) is 0. The molecule has 0 atom stereocenters. The lowest BCUT2D eigenvalue weighted by molar-refractivity contribution is 0.250. The third-order valence-corrected chi connectivity index (χ3v) is 7.60. The van der Waals surface area contributed by atoms with Crippen molar-refractivity contribution in [1.29, 1.82) is 0 Å². The highest BCUT2D eigenvalue weighted by molar-refractivity contribution is 5.49. The Balaban J connectivity index is 1.50. The molecular formula is C29H44N2. The Morgan fingerprint density at radius 2 is 1.06 bits per heavy atom. The van der Waals surface area contributed by atoms with Crippen LogP contribution in [-0.4, -0.2) is 0 Å². The predicted molar refractivity (Wildman–Crippen MR) is 136 cm³/mol. The number of hydrogen-bond acceptors (Lipinski definition) is 2. The van der Waals surface area contributed by atoms with Crippen LogP contribution in [0.3, 0.4) is 0 Å². The minimum absolute atomic E-state index is 0.108. The minimum atomic E-state index is 0.108. The first-order valence-electron chi connectivity index (χ1n) is 12.9. The summed E-state index contributed by atoms with van der Waals surface area (Å²) in [5.41, 5.74) is 16.6. The molecule has 1 saturated carbocycles. The van der Waals surface area contributed by atoms with Gasteiger partial charge in [0.15, 0.2) is 0 Å². The van der Waals surface area contributed by atoms with Gasteiger partial charge in [0, 0.05) is 16.8 Å². The fraction of sp³-hybridized carbons (Fsp3) is 0.586. The average molecular weight is 421 g/mol. The second-order valence-electron chi connectivity index (χ2n) is 9.89. The van der Waals surface area contributed by atoms with E-state index in [9.17, 15) is 0 Å². The SMILES string of the molecule is CCCCCCCCCCCC1CCC(c2ccc(N)cc2)(c2ccc(N)cc2)CC1. The van der Waals surface area contributed by atoms with Gasteiger partial charge in [0.2, 0.25) is 0 Å². The van der Waals surface area contributed by atoms with Gasteiger partial charge < -0.3 is 11.5 Å². The maximum absolute atomic E-state index is 5.98. The fourth-order valence-corrected chi connectivity index (χ4v) is 5.55. The van der Waals surface area contributed by atoms with Crippen LogP contribution in [-0.2, 0) is 5.41 Å². The highest BCUT2D eigenvalue weighted by Crippen LogP contribution is 2.47. The van der Waals surface area contributed by atoms with Crippen molar-refractivity contribution in [3.8, 4) is 0 Å². The monoisotopic (exact) mass is 420 g/mol. The molecule has 0 aromatic heterocycles. The molecule has 1 aliphatic carbocycles. The van der Waals surface area contributed by atoms with E-state index >= 15 is 0 Å². The van der Waals surface area contributed by atoms with Crippen molar-refractivity contribution in [2.45, 2.75) is 102 Å². The second-order valence-corrected chi connectivity index (χ2v) is 9.89. The molecule has 31 heavy (non-hydrogen) atoms. The van der Waals surface area contributed by atoms with Crippen LogP contribution in [0.5, 0.6) is 0 Å². The minimum Gasteiger partial charge on any atom is -0.399 e. The molecule has 1 fully saturated rings. The molecule has 0 amide bonds. The average Bonchev–Trinajstić information content (AvgIpc) is 2.79. The summed E-state index contributed by atoms with van der Waals surface area (Å²) < 4.78 is 0. The van der Waals surface area contributed by atoms with Crippen LogP contribution in [0, 0.1) is 5.92 Å². The number of unbranched alkanes of at least 4 members (excludes halogenated alkanes) is 8. The molecule has 0 spiro atoms. The van der Waals surface area contributed by atoms with Gasteiger partial charge in [-0.3, -0.25) is 0 Å². The topological polar surface area (TPSA) is 52.0 Å². The summed E-state index contributed by atoms with van der Waals surface area (Å²) in [6.07, 6.45) is 19.3. The highest BCUT2D eigenvalue weighted by atomic mass is 14.5. The predicted octanol–water partition coefficient (Wildman–Crippen LogP) is 8.25. The maximum atomic E-state index is 5.98. The van der Waals surface area contributed by atoms with E-state index in [2.05, 4.69) is 55.5 Å². The Kier molecular flexibility index (Phi) is 9.31. The van der Waals surface area contributed by atoms with Gasteiger partial charge in [-0.05, 0) is 67.0 Å². The van der Waals surface area contributed by atoms with E-state index in [0.717, 1.165) is 17.3 Å². The standard InChI is InChI=1S/C29H44N2/c1-2-3-4-5-6-7-8-9-10-11-24-20-22-29(23-21-24,25-12-16-27(30)17-13-25)26-14-18-28(31)19-15-26/h12-19,24H,2-11,20-23,30-31H2,1H3. The van der Waals surface area contributed by atoms with Gasteiger partial charge in [-0.2, -0.15) is 0 Å². The van der Waals surface area contributed by atoms with Crippen LogP contribution in [0.15, 0.2) is 48.5 Å². The fourth-order valence-electron chi connectivity index (χ4n) is 5.55. The zero-order valence-corrected chi connectivity index (χ0v) is 19.8. The molecule has 2 aromatic carbocycles. The van der Waals surface area contributed by atoms with Crippen LogP contribution in [0.4, 0.5) is 11.4 Å². The summed E-state index contributed by atoms with van der Waals surface area (Å²) >= 11 is 0. The Bertz CT molecular complexity index is 692. The van der Waals surface area contributed by atoms with Crippen LogP contribution >= 0.6 is 0 Å². The molecule has 2 heteroatoms. The smallest absolute Gasteiger partial charge is 0.0314 e. The van der Waals surface area contributed by atoms with Crippen LogP contribution < -0.4 is 11.5 Å². The van der Waals surface area contributed by atoms with Crippen molar-refractivity contribution in [1.82, 2.24) is 0 Å². The summed E-state index contributed by atoms with van der Waals surface area (Å²) in [5, 5.41) is 0. The van der Waals surface area contributed by atoms with E-state index in [-0.39, 0.29) is 5.41 Å². The normalized spacial score (nSPS) is 16.4. The number of benzene rings is 2.